The highest BCUT2D eigenvalue weighted by atomic mass is 35.5. The molecule has 8 nitrogen and oxygen atoms in total. The number of halogens is 1. The topological polar surface area (TPSA) is 75.0 Å². The van der Waals surface area contributed by atoms with E-state index in [0.717, 1.165) is 52.1 Å². The molecule has 2 aliphatic heterocycles. The summed E-state index contributed by atoms with van der Waals surface area (Å²) in [4.78, 5) is 21.9. The molecule has 0 N–H and O–H groups in total. The summed E-state index contributed by atoms with van der Waals surface area (Å²) in [5.41, 5.74) is -0.205. The third kappa shape index (κ3) is 3.96. The minimum absolute atomic E-state index is 0.00518. The van der Waals surface area contributed by atoms with E-state index in [1.807, 2.05) is 0 Å². The molecule has 0 radical (unpaired) electrons. The molecular weight excluding hydrogens is 346 g/mol. The number of methoxy groups -OCH3 is 1. The van der Waals surface area contributed by atoms with Gasteiger partial charge < -0.3 is 14.5 Å². The second-order valence-electron chi connectivity index (χ2n) is 6.64. The molecule has 2 fully saturated rings. The van der Waals surface area contributed by atoms with Crippen molar-refractivity contribution < 1.29 is 9.66 Å². The van der Waals surface area contributed by atoms with E-state index in [4.69, 9.17) is 16.3 Å². The number of piperazine rings is 1. The van der Waals surface area contributed by atoms with Gasteiger partial charge in [-0.25, -0.2) is 0 Å². The van der Waals surface area contributed by atoms with Gasteiger partial charge in [0, 0.05) is 51.4 Å². The number of pyridine rings is 1. The highest BCUT2D eigenvalue weighted by molar-refractivity contribution is 6.33. The number of aromatic nitrogens is 1. The van der Waals surface area contributed by atoms with Crippen LogP contribution in [0.5, 0.6) is 5.88 Å². The first kappa shape index (κ1) is 18.2. The normalized spacial score (nSPS) is 20.7. The summed E-state index contributed by atoms with van der Waals surface area (Å²) in [6, 6.07) is 1.92. The fraction of sp³-hybridized carbons (Fsp3) is 0.688. The minimum Gasteiger partial charge on any atom is -0.476 e. The molecule has 1 aromatic rings. The number of rotatable bonds is 4. The van der Waals surface area contributed by atoms with Gasteiger partial charge in [0.2, 0.25) is 0 Å². The van der Waals surface area contributed by atoms with Crippen LogP contribution in [-0.4, -0.2) is 79.2 Å². The Labute approximate surface area is 152 Å². The first-order chi connectivity index (χ1) is 12.0. The van der Waals surface area contributed by atoms with E-state index in [1.165, 1.54) is 13.2 Å². The lowest BCUT2D eigenvalue weighted by molar-refractivity contribution is -0.386. The fourth-order valence-corrected chi connectivity index (χ4v) is 3.85. The van der Waals surface area contributed by atoms with Crippen molar-refractivity contribution in [1.82, 2.24) is 14.8 Å². The molecule has 9 heteroatoms. The van der Waals surface area contributed by atoms with E-state index in [9.17, 15) is 10.1 Å². The van der Waals surface area contributed by atoms with Crippen molar-refractivity contribution in [1.29, 1.82) is 0 Å². The fourth-order valence-electron chi connectivity index (χ4n) is 3.59. The van der Waals surface area contributed by atoms with Crippen LogP contribution in [0.15, 0.2) is 6.07 Å². The SMILES string of the molecule is COc1nc(N2CCC(N3CCN(C)CC3)CC2)c(Cl)cc1[N+](=O)[O-]. The molecular formula is C16H24ClN5O3. The molecule has 1 aromatic heterocycles. The van der Waals surface area contributed by atoms with Crippen molar-refractivity contribution in [3.63, 3.8) is 0 Å². The second-order valence-corrected chi connectivity index (χ2v) is 7.04. The van der Waals surface area contributed by atoms with Crippen LogP contribution < -0.4 is 9.64 Å². The summed E-state index contributed by atoms with van der Waals surface area (Å²) in [5.74, 6) is 0.575. The lowest BCUT2D eigenvalue weighted by atomic mass is 10.0. The molecule has 0 saturated carbocycles. The number of hydrogen-bond donors (Lipinski definition) is 0. The van der Waals surface area contributed by atoms with E-state index < -0.39 is 4.92 Å². The Kier molecular flexibility index (Phi) is 5.61. The lowest BCUT2D eigenvalue weighted by Gasteiger charge is -2.42. The Morgan fingerprint density at radius 3 is 2.44 bits per heavy atom. The summed E-state index contributed by atoms with van der Waals surface area (Å²) in [6.45, 7) is 6.15. The average molecular weight is 370 g/mol. The maximum Gasteiger partial charge on any atom is 0.332 e. The Morgan fingerprint density at radius 2 is 1.88 bits per heavy atom. The molecule has 2 aliphatic rings. The maximum atomic E-state index is 11.1. The highest BCUT2D eigenvalue weighted by Crippen LogP contribution is 2.35. The van der Waals surface area contributed by atoms with Crippen molar-refractivity contribution in [2.75, 3.05) is 58.3 Å². The van der Waals surface area contributed by atoms with Crippen molar-refractivity contribution in [2.45, 2.75) is 18.9 Å². The average Bonchev–Trinajstić information content (AvgIpc) is 2.62. The Balaban J connectivity index is 1.67. The standard InChI is InChI=1S/C16H24ClN5O3/c1-19-7-9-20(10-8-19)12-3-5-21(6-4-12)15-13(17)11-14(22(23)24)16(18-15)25-2/h11-12H,3-10H2,1-2H3. The number of anilines is 1. The summed E-state index contributed by atoms with van der Waals surface area (Å²) in [6.07, 6.45) is 2.09. The number of nitrogens with zero attached hydrogens (tertiary/aromatic N) is 5. The van der Waals surface area contributed by atoms with Gasteiger partial charge in [0.15, 0.2) is 5.82 Å². The third-order valence-electron chi connectivity index (χ3n) is 5.11. The van der Waals surface area contributed by atoms with Crippen LogP contribution in [0.2, 0.25) is 5.02 Å². The van der Waals surface area contributed by atoms with Crippen LogP contribution in [0.1, 0.15) is 12.8 Å². The summed E-state index contributed by atoms with van der Waals surface area (Å²) >= 11 is 6.26. The summed E-state index contributed by atoms with van der Waals surface area (Å²) in [5, 5.41) is 11.4. The number of nitro groups is 1. The Bertz CT molecular complexity index is 628. The molecule has 0 aromatic carbocycles. The largest absolute Gasteiger partial charge is 0.476 e. The van der Waals surface area contributed by atoms with Crippen LogP contribution in [0.4, 0.5) is 11.5 Å². The molecule has 0 bridgehead atoms. The van der Waals surface area contributed by atoms with Crippen molar-refractivity contribution >= 4 is 23.1 Å². The Hall–Kier alpha value is -1.64. The number of likely N-dealkylation sites (N-methyl/N-ethyl adjacent to an activating group) is 1. The lowest BCUT2D eigenvalue weighted by Crippen LogP contribution is -2.52. The van der Waals surface area contributed by atoms with Gasteiger partial charge in [0.1, 0.15) is 0 Å². The van der Waals surface area contributed by atoms with Crippen LogP contribution in [-0.2, 0) is 0 Å². The maximum absolute atomic E-state index is 11.1. The van der Waals surface area contributed by atoms with Gasteiger partial charge in [-0.05, 0) is 19.9 Å². The van der Waals surface area contributed by atoms with E-state index in [2.05, 4.69) is 26.7 Å². The van der Waals surface area contributed by atoms with Gasteiger partial charge in [-0.15, -0.1) is 0 Å². The van der Waals surface area contributed by atoms with Gasteiger partial charge in [-0.3, -0.25) is 15.0 Å². The van der Waals surface area contributed by atoms with Crippen LogP contribution in [0.3, 0.4) is 0 Å². The van der Waals surface area contributed by atoms with E-state index >= 15 is 0 Å². The molecule has 0 aliphatic carbocycles. The quantitative estimate of drug-likeness (QED) is 0.592. The zero-order valence-electron chi connectivity index (χ0n) is 14.7. The van der Waals surface area contributed by atoms with E-state index in [0.29, 0.717) is 16.9 Å². The van der Waals surface area contributed by atoms with Crippen molar-refractivity contribution in [3.05, 3.63) is 21.2 Å². The molecule has 3 heterocycles. The molecule has 25 heavy (non-hydrogen) atoms. The third-order valence-corrected chi connectivity index (χ3v) is 5.39. The highest BCUT2D eigenvalue weighted by Gasteiger charge is 2.29. The summed E-state index contributed by atoms with van der Waals surface area (Å²) < 4.78 is 5.07. The van der Waals surface area contributed by atoms with Gasteiger partial charge in [-0.2, -0.15) is 4.98 Å². The second kappa shape index (κ2) is 7.72. The van der Waals surface area contributed by atoms with E-state index in [-0.39, 0.29) is 11.6 Å². The molecule has 0 atom stereocenters. The number of ether oxygens (including phenoxy) is 1. The van der Waals surface area contributed by atoms with Crippen LogP contribution in [0.25, 0.3) is 0 Å². The van der Waals surface area contributed by atoms with E-state index in [1.54, 1.807) is 0 Å². The Morgan fingerprint density at radius 1 is 1.24 bits per heavy atom. The van der Waals surface area contributed by atoms with Gasteiger partial charge in [0.25, 0.3) is 5.88 Å². The minimum atomic E-state index is -0.527. The number of hydrogen-bond acceptors (Lipinski definition) is 7. The van der Waals surface area contributed by atoms with Gasteiger partial charge in [-0.1, -0.05) is 11.6 Å². The first-order valence-electron chi connectivity index (χ1n) is 8.56. The van der Waals surface area contributed by atoms with Gasteiger partial charge >= 0.3 is 5.69 Å². The predicted molar refractivity (Wildman–Crippen MR) is 96.8 cm³/mol. The van der Waals surface area contributed by atoms with Crippen molar-refractivity contribution in [3.8, 4) is 5.88 Å². The number of piperidine rings is 1. The smallest absolute Gasteiger partial charge is 0.332 e. The molecule has 0 amide bonds. The van der Waals surface area contributed by atoms with Crippen molar-refractivity contribution in [2.24, 2.45) is 0 Å². The monoisotopic (exact) mass is 369 g/mol. The van der Waals surface area contributed by atoms with Crippen LogP contribution in [0, 0.1) is 10.1 Å². The molecule has 3 rings (SSSR count). The predicted octanol–water partition coefficient (Wildman–Crippen LogP) is 1.87. The molecule has 0 unspecified atom stereocenters. The van der Waals surface area contributed by atoms with Crippen LogP contribution >= 0.6 is 11.6 Å². The zero-order valence-corrected chi connectivity index (χ0v) is 15.4. The zero-order chi connectivity index (χ0) is 18.0. The first-order valence-corrected chi connectivity index (χ1v) is 8.94. The van der Waals surface area contributed by atoms with Gasteiger partial charge in [0.05, 0.1) is 17.1 Å². The molecule has 138 valence electrons. The summed E-state index contributed by atoms with van der Waals surface area (Å²) in [7, 11) is 3.54. The molecule has 2 saturated heterocycles. The molecule has 0 spiro atoms.